The fourth-order valence-corrected chi connectivity index (χ4v) is 2.50. The highest BCUT2D eigenvalue weighted by Crippen LogP contribution is 2.26. The van der Waals surface area contributed by atoms with Crippen molar-refractivity contribution in [3.05, 3.63) is 66.2 Å². The Kier molecular flexibility index (Phi) is 5.02. The molecule has 26 heavy (non-hydrogen) atoms. The Labute approximate surface area is 149 Å². The van der Waals surface area contributed by atoms with Crippen LogP contribution >= 0.6 is 0 Å². The van der Waals surface area contributed by atoms with Crippen LogP contribution < -0.4 is 14.8 Å². The number of halogens is 2. The molecule has 1 N–H and O–H groups in total. The number of amides is 1. The summed E-state index contributed by atoms with van der Waals surface area (Å²) in [5, 5.41) is 4.09. The maximum atomic E-state index is 13.6. The zero-order valence-corrected chi connectivity index (χ0v) is 14.3. The quantitative estimate of drug-likeness (QED) is 0.730. The third kappa shape index (κ3) is 3.74. The number of ether oxygens (including phenoxy) is 2. The Balaban J connectivity index is 1.75. The summed E-state index contributed by atoms with van der Waals surface area (Å²) in [4.78, 5) is 12.2. The molecule has 3 aromatic rings. The number of anilines is 1. The maximum Gasteiger partial charge on any atom is 0.265 e. The van der Waals surface area contributed by atoms with Crippen LogP contribution in [0.3, 0.4) is 0 Å². The van der Waals surface area contributed by atoms with Gasteiger partial charge < -0.3 is 14.8 Å². The zero-order chi connectivity index (χ0) is 18.7. The Hall–Kier alpha value is -3.15. The van der Waals surface area contributed by atoms with E-state index in [1.165, 1.54) is 13.0 Å². The Morgan fingerprint density at radius 3 is 2.23 bits per heavy atom. The predicted octanol–water partition coefficient (Wildman–Crippen LogP) is 4.53. The lowest BCUT2D eigenvalue weighted by molar-refractivity contribution is -0.122. The van der Waals surface area contributed by atoms with Gasteiger partial charge in [-0.05, 0) is 54.1 Å². The molecule has 1 amide bonds. The normalized spacial score (nSPS) is 11.8. The van der Waals surface area contributed by atoms with E-state index in [1.807, 2.05) is 24.3 Å². The van der Waals surface area contributed by atoms with Gasteiger partial charge in [-0.1, -0.05) is 18.2 Å². The molecule has 0 saturated carbocycles. The molecule has 0 aliphatic carbocycles. The minimum atomic E-state index is -0.947. The smallest absolute Gasteiger partial charge is 0.265 e. The SMILES string of the molecule is COc1ccc2ccc(O[C@@H](C)C(=O)Nc3c(F)cccc3F)cc2c1. The van der Waals surface area contributed by atoms with Crippen molar-refractivity contribution in [1.29, 1.82) is 0 Å². The third-order valence-corrected chi connectivity index (χ3v) is 3.91. The van der Waals surface area contributed by atoms with Gasteiger partial charge in [-0.3, -0.25) is 4.79 Å². The number of rotatable bonds is 5. The highest BCUT2D eigenvalue weighted by Gasteiger charge is 2.19. The van der Waals surface area contributed by atoms with Gasteiger partial charge in [0.05, 0.1) is 7.11 Å². The van der Waals surface area contributed by atoms with Crippen molar-refractivity contribution < 1.29 is 23.0 Å². The molecule has 4 nitrogen and oxygen atoms in total. The second-order valence-corrected chi connectivity index (χ2v) is 5.72. The molecule has 0 spiro atoms. The molecule has 3 aromatic carbocycles. The summed E-state index contributed by atoms with van der Waals surface area (Å²) < 4.78 is 38.1. The van der Waals surface area contributed by atoms with Crippen LogP contribution in [0.15, 0.2) is 54.6 Å². The fourth-order valence-electron chi connectivity index (χ4n) is 2.50. The summed E-state index contributed by atoms with van der Waals surface area (Å²) in [6, 6.07) is 14.3. The topological polar surface area (TPSA) is 47.6 Å². The molecule has 0 unspecified atom stereocenters. The van der Waals surface area contributed by atoms with E-state index in [-0.39, 0.29) is 0 Å². The van der Waals surface area contributed by atoms with Gasteiger partial charge in [-0.15, -0.1) is 0 Å². The van der Waals surface area contributed by atoms with Gasteiger partial charge in [0.1, 0.15) is 28.8 Å². The number of fused-ring (bicyclic) bond motifs is 1. The first-order chi connectivity index (χ1) is 12.5. The number of para-hydroxylation sites is 1. The maximum absolute atomic E-state index is 13.6. The molecular formula is C20H17F2NO3. The molecule has 0 heterocycles. The van der Waals surface area contributed by atoms with Gasteiger partial charge in [0.15, 0.2) is 6.10 Å². The fraction of sp³-hybridized carbons (Fsp3) is 0.150. The van der Waals surface area contributed by atoms with Crippen LogP contribution in [0.2, 0.25) is 0 Å². The predicted molar refractivity (Wildman–Crippen MR) is 95.6 cm³/mol. The van der Waals surface area contributed by atoms with E-state index in [1.54, 1.807) is 19.2 Å². The van der Waals surface area contributed by atoms with Crippen LogP contribution in [0.4, 0.5) is 14.5 Å². The number of nitrogens with one attached hydrogen (secondary N) is 1. The van der Waals surface area contributed by atoms with Gasteiger partial charge in [-0.2, -0.15) is 0 Å². The highest BCUT2D eigenvalue weighted by molar-refractivity contribution is 5.94. The van der Waals surface area contributed by atoms with Gasteiger partial charge in [0.25, 0.3) is 5.91 Å². The summed E-state index contributed by atoms with van der Waals surface area (Å²) in [6.07, 6.45) is -0.947. The molecule has 1 atom stereocenters. The zero-order valence-electron chi connectivity index (χ0n) is 14.3. The largest absolute Gasteiger partial charge is 0.497 e. The van der Waals surface area contributed by atoms with E-state index < -0.39 is 29.3 Å². The first kappa shape index (κ1) is 17.7. The van der Waals surface area contributed by atoms with Crippen LogP contribution in [-0.4, -0.2) is 19.1 Å². The molecule has 3 rings (SSSR count). The van der Waals surface area contributed by atoms with Crippen LogP contribution in [0.5, 0.6) is 11.5 Å². The van der Waals surface area contributed by atoms with E-state index >= 15 is 0 Å². The van der Waals surface area contributed by atoms with Crippen molar-refractivity contribution in [2.45, 2.75) is 13.0 Å². The molecule has 0 bridgehead atoms. The third-order valence-electron chi connectivity index (χ3n) is 3.91. The molecule has 0 aliphatic rings. The van der Waals surface area contributed by atoms with Crippen LogP contribution in [0.1, 0.15) is 6.92 Å². The van der Waals surface area contributed by atoms with Gasteiger partial charge in [0, 0.05) is 0 Å². The van der Waals surface area contributed by atoms with Crippen LogP contribution in [-0.2, 0) is 4.79 Å². The summed E-state index contributed by atoms with van der Waals surface area (Å²) in [7, 11) is 1.58. The highest BCUT2D eigenvalue weighted by atomic mass is 19.1. The van der Waals surface area contributed by atoms with Crippen molar-refractivity contribution in [3.63, 3.8) is 0 Å². The second-order valence-electron chi connectivity index (χ2n) is 5.72. The number of hydrogen-bond acceptors (Lipinski definition) is 3. The van der Waals surface area contributed by atoms with Crippen LogP contribution in [0.25, 0.3) is 10.8 Å². The number of carbonyl (C=O) groups excluding carboxylic acids is 1. The monoisotopic (exact) mass is 357 g/mol. The van der Waals surface area contributed by atoms with Crippen molar-refractivity contribution in [2.75, 3.05) is 12.4 Å². The lowest BCUT2D eigenvalue weighted by Crippen LogP contribution is -2.30. The van der Waals surface area contributed by atoms with Crippen molar-refractivity contribution >= 4 is 22.4 Å². The Morgan fingerprint density at radius 2 is 1.58 bits per heavy atom. The molecule has 134 valence electrons. The average Bonchev–Trinajstić information content (AvgIpc) is 2.64. The lowest BCUT2D eigenvalue weighted by Gasteiger charge is -2.16. The summed E-state index contributed by atoms with van der Waals surface area (Å²) >= 11 is 0. The molecule has 0 aromatic heterocycles. The van der Waals surface area contributed by atoms with E-state index in [0.29, 0.717) is 11.5 Å². The molecular weight excluding hydrogens is 340 g/mol. The first-order valence-corrected chi connectivity index (χ1v) is 7.97. The second kappa shape index (κ2) is 7.39. The Bertz CT molecular complexity index is 939. The number of hydrogen-bond donors (Lipinski definition) is 1. The molecule has 0 fully saturated rings. The standard InChI is InChI=1S/C20H17F2NO3/c1-12(20(24)23-19-17(21)4-3-5-18(19)22)26-16-9-7-13-6-8-15(25-2)10-14(13)11-16/h3-12H,1-2H3,(H,23,24)/t12-/m0/s1. The van der Waals surface area contributed by atoms with Crippen molar-refractivity contribution in [2.24, 2.45) is 0 Å². The first-order valence-electron chi connectivity index (χ1n) is 7.97. The average molecular weight is 357 g/mol. The number of methoxy groups -OCH3 is 1. The van der Waals surface area contributed by atoms with Gasteiger partial charge in [0.2, 0.25) is 0 Å². The minimum absolute atomic E-state index is 0.461. The van der Waals surface area contributed by atoms with Gasteiger partial charge >= 0.3 is 0 Å². The molecule has 0 saturated heterocycles. The summed E-state index contributed by atoms with van der Waals surface area (Å²) in [5.74, 6) is -1.18. The Morgan fingerprint density at radius 1 is 0.962 bits per heavy atom. The van der Waals surface area contributed by atoms with Crippen LogP contribution in [0, 0.1) is 11.6 Å². The van der Waals surface area contributed by atoms with Crippen molar-refractivity contribution in [3.8, 4) is 11.5 Å². The van der Waals surface area contributed by atoms with E-state index in [4.69, 9.17) is 9.47 Å². The number of benzene rings is 3. The van der Waals surface area contributed by atoms with Gasteiger partial charge in [-0.25, -0.2) is 8.78 Å². The van der Waals surface area contributed by atoms with Crippen molar-refractivity contribution in [1.82, 2.24) is 0 Å². The minimum Gasteiger partial charge on any atom is -0.497 e. The van der Waals surface area contributed by atoms with E-state index in [2.05, 4.69) is 5.32 Å². The molecule has 6 heteroatoms. The van der Waals surface area contributed by atoms with E-state index in [0.717, 1.165) is 22.9 Å². The lowest BCUT2D eigenvalue weighted by atomic mass is 10.1. The van der Waals surface area contributed by atoms with E-state index in [9.17, 15) is 13.6 Å². The molecule has 0 radical (unpaired) electrons. The summed E-state index contributed by atoms with van der Waals surface area (Å²) in [6.45, 7) is 1.50. The summed E-state index contributed by atoms with van der Waals surface area (Å²) in [5.41, 5.74) is -0.490. The molecule has 0 aliphatic heterocycles. The number of carbonyl (C=O) groups is 1.